The molecule has 0 aromatic rings. The smallest absolute Gasteiger partial charge is 0.306 e. The lowest BCUT2D eigenvalue weighted by Crippen LogP contribution is -2.37. The number of ether oxygens (including phenoxy) is 2. The predicted molar refractivity (Wildman–Crippen MR) is 213 cm³/mol. The van der Waals surface area contributed by atoms with Crippen LogP contribution >= 0.6 is 7.82 Å². The average Bonchev–Trinajstić information content (AvgIpc) is 3.09. The normalized spacial score (nSPS) is 14.2. The molecule has 0 aromatic carbocycles. The quantitative estimate of drug-likeness (QED) is 0.0204. The van der Waals surface area contributed by atoms with Crippen LogP contribution in [0.4, 0.5) is 0 Å². The molecule has 0 heterocycles. The lowest BCUT2D eigenvalue weighted by molar-refractivity contribution is -0.870. The topological polar surface area (TPSA) is 111 Å². The molecule has 0 N–H and O–H groups in total. The number of carbonyl (C=O) groups is 2. The Morgan fingerprint density at radius 3 is 1.52 bits per heavy atom. The van der Waals surface area contributed by atoms with Gasteiger partial charge < -0.3 is 27.9 Å². The standard InChI is InChI=1S/C42H76NO8P/c1-6-8-10-12-14-16-18-20-22-24-26-28-30-32-34-41(44)48-38-40(39-50-52(46,47)49-37-36-43(3,4)5)51-42(45)35-33-31-29-27-25-23-21-19-17-15-13-11-9-7-2/h12-15,18-21,40H,6-11,16-17,22-39H2,1-5H3/b14-12-,15-13-,20-18-,21-19-/t40-/m1/s1. The first-order chi connectivity index (χ1) is 25.0. The third-order valence-electron chi connectivity index (χ3n) is 8.32. The first-order valence-corrected chi connectivity index (χ1v) is 21.8. The molecule has 0 aliphatic heterocycles. The van der Waals surface area contributed by atoms with E-state index in [-0.39, 0.29) is 26.1 Å². The van der Waals surface area contributed by atoms with Crippen molar-refractivity contribution in [3.8, 4) is 0 Å². The molecule has 0 aliphatic rings. The van der Waals surface area contributed by atoms with Crippen molar-refractivity contribution < 1.29 is 42.1 Å². The molecule has 0 saturated heterocycles. The summed E-state index contributed by atoms with van der Waals surface area (Å²) in [6.45, 7) is 4.09. The minimum absolute atomic E-state index is 0.0377. The highest BCUT2D eigenvalue weighted by Gasteiger charge is 2.21. The van der Waals surface area contributed by atoms with Crippen molar-refractivity contribution in [1.29, 1.82) is 0 Å². The Morgan fingerprint density at radius 2 is 1.04 bits per heavy atom. The number of rotatable bonds is 36. The van der Waals surface area contributed by atoms with Crippen LogP contribution in [0.2, 0.25) is 0 Å². The van der Waals surface area contributed by atoms with Crippen LogP contribution in [-0.4, -0.2) is 70.0 Å². The van der Waals surface area contributed by atoms with E-state index in [9.17, 15) is 19.0 Å². The summed E-state index contributed by atoms with van der Waals surface area (Å²) >= 11 is 0. The van der Waals surface area contributed by atoms with Crippen LogP contribution in [0.15, 0.2) is 48.6 Å². The Hall–Kier alpha value is -2.03. The Bertz CT molecular complexity index is 1030. The summed E-state index contributed by atoms with van der Waals surface area (Å²) in [5.74, 6) is -0.872. The van der Waals surface area contributed by atoms with Crippen molar-refractivity contribution in [2.45, 2.75) is 161 Å². The van der Waals surface area contributed by atoms with Crippen molar-refractivity contribution in [1.82, 2.24) is 0 Å². The molecule has 0 fully saturated rings. The van der Waals surface area contributed by atoms with Gasteiger partial charge in [-0.3, -0.25) is 14.2 Å². The highest BCUT2D eigenvalue weighted by atomic mass is 31.2. The Balaban J connectivity index is 4.46. The molecule has 10 heteroatoms. The first kappa shape index (κ1) is 50.0. The van der Waals surface area contributed by atoms with E-state index in [1.807, 2.05) is 21.1 Å². The number of quaternary nitrogens is 1. The highest BCUT2D eigenvalue weighted by Crippen LogP contribution is 2.38. The minimum atomic E-state index is -4.63. The molecule has 9 nitrogen and oxygen atoms in total. The molecular weight excluding hydrogens is 677 g/mol. The van der Waals surface area contributed by atoms with Gasteiger partial charge in [0, 0.05) is 12.8 Å². The van der Waals surface area contributed by atoms with Crippen LogP contribution in [0.3, 0.4) is 0 Å². The summed E-state index contributed by atoms with van der Waals surface area (Å²) in [4.78, 5) is 37.4. The van der Waals surface area contributed by atoms with Crippen molar-refractivity contribution in [3.63, 3.8) is 0 Å². The fourth-order valence-electron chi connectivity index (χ4n) is 5.04. The number of esters is 2. The molecule has 52 heavy (non-hydrogen) atoms. The molecule has 0 aromatic heterocycles. The van der Waals surface area contributed by atoms with Gasteiger partial charge >= 0.3 is 11.9 Å². The number of phosphoric ester groups is 1. The van der Waals surface area contributed by atoms with Crippen molar-refractivity contribution in [2.24, 2.45) is 0 Å². The van der Waals surface area contributed by atoms with Gasteiger partial charge in [0.1, 0.15) is 19.8 Å². The largest absolute Gasteiger partial charge is 0.756 e. The van der Waals surface area contributed by atoms with E-state index in [0.717, 1.165) is 89.9 Å². The van der Waals surface area contributed by atoms with E-state index >= 15 is 0 Å². The molecule has 0 amide bonds. The van der Waals surface area contributed by atoms with Crippen LogP contribution < -0.4 is 4.89 Å². The zero-order chi connectivity index (χ0) is 38.6. The Morgan fingerprint density at radius 1 is 0.596 bits per heavy atom. The number of carbonyl (C=O) groups excluding carboxylic acids is 2. The van der Waals surface area contributed by atoms with Gasteiger partial charge in [0.2, 0.25) is 0 Å². The highest BCUT2D eigenvalue weighted by molar-refractivity contribution is 7.45. The van der Waals surface area contributed by atoms with E-state index < -0.39 is 32.5 Å². The fraction of sp³-hybridized carbons (Fsp3) is 0.762. The third kappa shape index (κ3) is 37.7. The SMILES string of the molecule is CCCC/C=C\C/C=C\CCCCCCCC(=O)OC[C@H](COP(=O)([O-])OCC[N+](C)(C)C)OC(=O)CCCCCCC/C=C\C/C=C\CCCC. The summed E-state index contributed by atoms with van der Waals surface area (Å²) in [7, 11) is 1.14. The van der Waals surface area contributed by atoms with Gasteiger partial charge in [-0.2, -0.15) is 0 Å². The molecule has 0 saturated carbocycles. The second-order valence-corrected chi connectivity index (χ2v) is 16.1. The van der Waals surface area contributed by atoms with E-state index in [4.69, 9.17) is 18.5 Å². The first-order valence-electron chi connectivity index (χ1n) is 20.3. The van der Waals surface area contributed by atoms with Crippen LogP contribution in [0.25, 0.3) is 0 Å². The molecule has 0 spiro atoms. The van der Waals surface area contributed by atoms with Crippen molar-refractivity contribution >= 4 is 19.8 Å². The molecule has 0 bridgehead atoms. The fourth-order valence-corrected chi connectivity index (χ4v) is 5.77. The second-order valence-electron chi connectivity index (χ2n) is 14.6. The minimum Gasteiger partial charge on any atom is -0.756 e. The monoisotopic (exact) mass is 754 g/mol. The maximum absolute atomic E-state index is 12.6. The summed E-state index contributed by atoms with van der Waals surface area (Å²) < 4.78 is 33.8. The summed E-state index contributed by atoms with van der Waals surface area (Å²) in [5, 5.41) is 0. The third-order valence-corrected chi connectivity index (χ3v) is 9.29. The van der Waals surface area contributed by atoms with E-state index in [1.165, 1.54) is 25.7 Å². The van der Waals surface area contributed by atoms with E-state index in [0.29, 0.717) is 23.9 Å². The molecule has 1 unspecified atom stereocenters. The second kappa shape index (κ2) is 34.7. The Kier molecular flexibility index (Phi) is 33.4. The van der Waals surface area contributed by atoms with Crippen LogP contribution in [0, 0.1) is 0 Å². The molecule has 0 rings (SSSR count). The molecule has 2 atom stereocenters. The number of unbranched alkanes of at least 4 members (excludes halogenated alkanes) is 14. The Labute approximate surface area is 318 Å². The summed E-state index contributed by atoms with van der Waals surface area (Å²) in [5.41, 5.74) is 0. The van der Waals surface area contributed by atoms with Crippen LogP contribution in [0.1, 0.15) is 155 Å². The number of nitrogens with zero attached hydrogens (tertiary/aromatic N) is 1. The number of hydrogen-bond acceptors (Lipinski definition) is 8. The molecular formula is C42H76NO8P. The van der Waals surface area contributed by atoms with Crippen LogP contribution in [0.5, 0.6) is 0 Å². The molecule has 302 valence electrons. The van der Waals surface area contributed by atoms with Crippen molar-refractivity contribution in [3.05, 3.63) is 48.6 Å². The zero-order valence-electron chi connectivity index (χ0n) is 33.7. The average molecular weight is 754 g/mol. The summed E-state index contributed by atoms with van der Waals surface area (Å²) in [6, 6.07) is 0. The zero-order valence-corrected chi connectivity index (χ0v) is 34.6. The maximum Gasteiger partial charge on any atom is 0.306 e. The van der Waals surface area contributed by atoms with Gasteiger partial charge in [0.05, 0.1) is 27.7 Å². The van der Waals surface area contributed by atoms with Gasteiger partial charge in [0.15, 0.2) is 6.10 Å². The van der Waals surface area contributed by atoms with E-state index in [2.05, 4.69) is 62.5 Å². The van der Waals surface area contributed by atoms with Gasteiger partial charge in [-0.05, 0) is 64.2 Å². The van der Waals surface area contributed by atoms with Crippen LogP contribution in [-0.2, 0) is 32.7 Å². The van der Waals surface area contributed by atoms with Crippen molar-refractivity contribution in [2.75, 3.05) is 47.5 Å². The number of likely N-dealkylation sites (N-methyl/N-ethyl adjacent to an activating group) is 1. The number of phosphoric acid groups is 1. The number of allylic oxidation sites excluding steroid dienone is 8. The molecule has 0 radical (unpaired) electrons. The lowest BCUT2D eigenvalue weighted by Gasteiger charge is -2.28. The van der Waals surface area contributed by atoms with Gasteiger partial charge in [-0.1, -0.05) is 127 Å². The van der Waals surface area contributed by atoms with Gasteiger partial charge in [-0.15, -0.1) is 0 Å². The molecule has 0 aliphatic carbocycles. The number of hydrogen-bond donors (Lipinski definition) is 0. The lowest BCUT2D eigenvalue weighted by atomic mass is 10.1. The van der Waals surface area contributed by atoms with Gasteiger partial charge in [-0.25, -0.2) is 0 Å². The van der Waals surface area contributed by atoms with E-state index in [1.54, 1.807) is 0 Å². The maximum atomic E-state index is 12.6. The predicted octanol–water partition coefficient (Wildman–Crippen LogP) is 10.5. The van der Waals surface area contributed by atoms with Gasteiger partial charge in [0.25, 0.3) is 7.82 Å². The summed E-state index contributed by atoms with van der Waals surface area (Å²) in [6.07, 6.45) is 38.4.